The SMILES string of the molecule is CC(F)(F)c1ccc(N2CCNC(c3ccccc3)C2)nc1C(=O)c1cccnc1N.[HH].[HH].[HH]. The summed E-state index contributed by atoms with van der Waals surface area (Å²) in [4.78, 5) is 23.4. The van der Waals surface area contributed by atoms with E-state index in [0.29, 0.717) is 25.5 Å². The summed E-state index contributed by atoms with van der Waals surface area (Å²) in [6.45, 7) is 2.69. The third kappa shape index (κ3) is 4.39. The molecule has 0 saturated carbocycles. The van der Waals surface area contributed by atoms with Crippen molar-refractivity contribution in [2.24, 2.45) is 0 Å². The normalized spacial score (nSPS) is 16.9. The van der Waals surface area contributed by atoms with Gasteiger partial charge in [0.25, 0.3) is 5.92 Å². The average Bonchev–Trinajstić information content (AvgIpc) is 2.78. The van der Waals surface area contributed by atoms with Gasteiger partial charge in [0.1, 0.15) is 17.3 Å². The van der Waals surface area contributed by atoms with Crippen molar-refractivity contribution in [2.75, 3.05) is 30.3 Å². The van der Waals surface area contributed by atoms with Crippen LogP contribution in [-0.4, -0.2) is 35.4 Å². The van der Waals surface area contributed by atoms with Gasteiger partial charge in [-0.05, 0) is 29.8 Å². The number of nitrogens with two attached hydrogens (primary N) is 1. The minimum atomic E-state index is -3.23. The number of piperazine rings is 1. The van der Waals surface area contributed by atoms with E-state index in [1.54, 1.807) is 6.07 Å². The predicted molar refractivity (Wildman–Crippen MR) is 122 cm³/mol. The fourth-order valence-electron chi connectivity index (χ4n) is 3.76. The summed E-state index contributed by atoms with van der Waals surface area (Å²) in [5, 5.41) is 3.46. The van der Waals surface area contributed by atoms with Gasteiger partial charge in [-0.3, -0.25) is 4.79 Å². The summed E-state index contributed by atoms with van der Waals surface area (Å²) in [6, 6.07) is 15.9. The zero-order chi connectivity index (χ0) is 22.0. The van der Waals surface area contributed by atoms with Crippen LogP contribution < -0.4 is 16.0 Å². The van der Waals surface area contributed by atoms with Crippen LogP contribution in [0.5, 0.6) is 0 Å². The maximum Gasteiger partial charge on any atom is 0.272 e. The molecule has 1 fully saturated rings. The van der Waals surface area contributed by atoms with E-state index >= 15 is 0 Å². The maximum absolute atomic E-state index is 14.3. The molecule has 3 heterocycles. The third-order valence-corrected chi connectivity index (χ3v) is 5.35. The highest BCUT2D eigenvalue weighted by Crippen LogP contribution is 2.33. The number of rotatable bonds is 5. The number of anilines is 2. The number of ketones is 1. The van der Waals surface area contributed by atoms with Gasteiger partial charge in [-0.15, -0.1) is 0 Å². The molecule has 0 aliphatic carbocycles. The van der Waals surface area contributed by atoms with Crippen LogP contribution in [-0.2, 0) is 5.92 Å². The molecule has 166 valence electrons. The zero-order valence-electron chi connectivity index (χ0n) is 17.1. The summed E-state index contributed by atoms with van der Waals surface area (Å²) >= 11 is 0. The molecule has 2 aromatic heterocycles. The number of hydrogen-bond acceptors (Lipinski definition) is 6. The minimum Gasteiger partial charge on any atom is -0.383 e. The van der Waals surface area contributed by atoms with Gasteiger partial charge in [0.15, 0.2) is 0 Å². The molecule has 4 rings (SSSR count). The zero-order valence-corrected chi connectivity index (χ0v) is 17.1. The lowest BCUT2D eigenvalue weighted by atomic mass is 10.00. The molecule has 8 heteroatoms. The molecule has 6 nitrogen and oxygen atoms in total. The summed E-state index contributed by atoms with van der Waals surface area (Å²) in [6.07, 6.45) is 1.44. The van der Waals surface area contributed by atoms with Crippen LogP contribution in [0.15, 0.2) is 60.8 Å². The summed E-state index contributed by atoms with van der Waals surface area (Å²) < 4.78 is 28.6. The Bertz CT molecular complexity index is 1100. The van der Waals surface area contributed by atoms with Gasteiger partial charge in [0.2, 0.25) is 5.78 Å². The number of hydrogen-bond donors (Lipinski definition) is 2. The van der Waals surface area contributed by atoms with Gasteiger partial charge in [-0.1, -0.05) is 30.3 Å². The first kappa shape index (κ1) is 20.9. The van der Waals surface area contributed by atoms with Crippen LogP contribution in [0.2, 0.25) is 0 Å². The Morgan fingerprint density at radius 1 is 1.19 bits per heavy atom. The average molecular weight is 430 g/mol. The predicted octanol–water partition coefficient (Wildman–Crippen LogP) is 4.29. The second-order valence-electron chi connectivity index (χ2n) is 7.58. The number of carbonyl (C=O) groups excluding carboxylic acids is 1. The Morgan fingerprint density at radius 2 is 1.97 bits per heavy atom. The lowest BCUT2D eigenvalue weighted by Crippen LogP contribution is -2.46. The van der Waals surface area contributed by atoms with Crippen molar-refractivity contribution in [1.82, 2.24) is 15.3 Å². The Balaban J connectivity index is 0.00000193. The third-order valence-electron chi connectivity index (χ3n) is 5.35. The van der Waals surface area contributed by atoms with E-state index in [0.717, 1.165) is 12.5 Å². The van der Waals surface area contributed by atoms with Gasteiger partial charge in [0.05, 0.1) is 11.1 Å². The fourth-order valence-corrected chi connectivity index (χ4v) is 3.76. The minimum absolute atomic E-state index is 0. The van der Waals surface area contributed by atoms with E-state index in [1.165, 1.54) is 24.4 Å². The largest absolute Gasteiger partial charge is 0.383 e. The smallest absolute Gasteiger partial charge is 0.272 e. The van der Waals surface area contributed by atoms with Crippen LogP contribution >= 0.6 is 0 Å². The number of carbonyl (C=O) groups is 1. The van der Waals surface area contributed by atoms with Crippen molar-refractivity contribution in [2.45, 2.75) is 18.9 Å². The van der Waals surface area contributed by atoms with E-state index in [9.17, 15) is 13.6 Å². The van der Waals surface area contributed by atoms with Gasteiger partial charge in [-0.2, -0.15) is 0 Å². The summed E-state index contributed by atoms with van der Waals surface area (Å²) in [7, 11) is 0. The molecular formula is C23H29F2N5O. The molecule has 1 aromatic carbocycles. The molecule has 1 saturated heterocycles. The number of benzene rings is 1. The first-order valence-electron chi connectivity index (χ1n) is 10.0. The van der Waals surface area contributed by atoms with Crippen LogP contribution in [0.25, 0.3) is 0 Å². The molecule has 1 aliphatic rings. The van der Waals surface area contributed by atoms with E-state index in [2.05, 4.69) is 15.3 Å². The summed E-state index contributed by atoms with van der Waals surface area (Å²) in [5.41, 5.74) is 6.26. The number of nitrogens with zero attached hydrogens (tertiary/aromatic N) is 3. The lowest BCUT2D eigenvalue weighted by molar-refractivity contribution is 0.0161. The fraction of sp³-hybridized carbons (Fsp3) is 0.261. The standard InChI is InChI=1S/C23H23F2N5O.3H2/c1-23(24,25)17-9-10-19(29-20(17)21(31)16-8-5-11-28-22(16)26)30-13-12-27-18(14-30)15-6-3-2-4-7-15;;;/h2-11,18,27H,12-14H2,1H3,(H2,26,28);3*1H. The summed E-state index contributed by atoms with van der Waals surface area (Å²) in [5.74, 6) is -3.44. The molecule has 0 amide bonds. The molecule has 31 heavy (non-hydrogen) atoms. The molecule has 0 radical (unpaired) electrons. The quantitative estimate of drug-likeness (QED) is 0.589. The second-order valence-corrected chi connectivity index (χ2v) is 7.58. The van der Waals surface area contributed by atoms with Crippen molar-refractivity contribution < 1.29 is 17.9 Å². The van der Waals surface area contributed by atoms with Gasteiger partial charge in [0, 0.05) is 43.1 Å². The molecular weight excluding hydrogens is 400 g/mol. The van der Waals surface area contributed by atoms with Crippen molar-refractivity contribution >= 4 is 17.4 Å². The molecule has 0 bridgehead atoms. The maximum atomic E-state index is 14.3. The number of halogens is 2. The number of pyridine rings is 2. The highest BCUT2D eigenvalue weighted by atomic mass is 19.3. The van der Waals surface area contributed by atoms with E-state index in [1.807, 2.05) is 35.2 Å². The van der Waals surface area contributed by atoms with Crippen molar-refractivity contribution in [3.63, 3.8) is 0 Å². The number of nitrogens with one attached hydrogen (secondary N) is 1. The molecule has 1 atom stereocenters. The Kier molecular flexibility index (Phi) is 5.65. The van der Waals surface area contributed by atoms with Crippen molar-refractivity contribution in [1.29, 1.82) is 0 Å². The van der Waals surface area contributed by atoms with Gasteiger partial charge in [-0.25, -0.2) is 18.7 Å². The topological polar surface area (TPSA) is 84.1 Å². The number of aromatic nitrogens is 2. The first-order chi connectivity index (χ1) is 14.8. The molecule has 3 aromatic rings. The molecule has 3 N–H and O–H groups in total. The Labute approximate surface area is 183 Å². The van der Waals surface area contributed by atoms with Crippen LogP contribution in [0.4, 0.5) is 20.4 Å². The Hall–Kier alpha value is -3.39. The van der Waals surface area contributed by atoms with E-state index in [4.69, 9.17) is 5.73 Å². The van der Waals surface area contributed by atoms with Crippen LogP contribution in [0.3, 0.4) is 0 Å². The van der Waals surface area contributed by atoms with Crippen molar-refractivity contribution in [3.8, 4) is 0 Å². The molecule has 1 aliphatic heterocycles. The lowest BCUT2D eigenvalue weighted by Gasteiger charge is -2.35. The van der Waals surface area contributed by atoms with E-state index in [-0.39, 0.29) is 27.4 Å². The van der Waals surface area contributed by atoms with E-state index < -0.39 is 17.3 Å². The molecule has 0 spiro atoms. The van der Waals surface area contributed by atoms with Gasteiger partial charge < -0.3 is 16.0 Å². The van der Waals surface area contributed by atoms with Crippen molar-refractivity contribution in [3.05, 3.63) is 83.2 Å². The second kappa shape index (κ2) is 8.39. The number of nitrogen functional groups attached to an aromatic ring is 1. The Morgan fingerprint density at radius 3 is 2.68 bits per heavy atom. The molecule has 1 unspecified atom stereocenters. The first-order valence-corrected chi connectivity index (χ1v) is 10.0. The monoisotopic (exact) mass is 429 g/mol. The van der Waals surface area contributed by atoms with Crippen LogP contribution in [0.1, 0.15) is 44.4 Å². The number of alkyl halides is 2. The highest BCUT2D eigenvalue weighted by molar-refractivity contribution is 6.11. The highest BCUT2D eigenvalue weighted by Gasteiger charge is 2.33. The van der Waals surface area contributed by atoms with Crippen LogP contribution in [0, 0.1) is 0 Å². The van der Waals surface area contributed by atoms with Gasteiger partial charge >= 0.3 is 0 Å².